The lowest BCUT2D eigenvalue weighted by Crippen LogP contribution is -2.31. The monoisotopic (exact) mass is 379 g/mol. The van der Waals surface area contributed by atoms with Crippen molar-refractivity contribution in [2.75, 3.05) is 19.6 Å². The summed E-state index contributed by atoms with van der Waals surface area (Å²) in [6, 6.07) is 7.90. The summed E-state index contributed by atoms with van der Waals surface area (Å²) in [5, 5.41) is 6.03. The maximum absolute atomic E-state index is 11.8. The van der Waals surface area contributed by atoms with Crippen molar-refractivity contribution >= 4 is 21.8 Å². The number of carbonyl (C=O) groups is 1. The summed E-state index contributed by atoms with van der Waals surface area (Å²) < 4.78 is 6.84. The molecule has 0 saturated heterocycles. The topological polar surface area (TPSA) is 67.2 Å². The van der Waals surface area contributed by atoms with E-state index in [0.717, 1.165) is 34.6 Å². The minimum absolute atomic E-state index is 0.0175. The summed E-state index contributed by atoms with van der Waals surface area (Å²) in [7, 11) is 0. The average molecular weight is 380 g/mol. The van der Waals surface area contributed by atoms with Gasteiger partial charge >= 0.3 is 0 Å². The van der Waals surface area contributed by atoms with Crippen LogP contribution in [0.4, 0.5) is 0 Å². The first-order valence-corrected chi connectivity index (χ1v) is 8.59. The number of oxazole rings is 1. The molecule has 2 N–H and O–H groups in total. The highest BCUT2D eigenvalue weighted by atomic mass is 79.9. The molecule has 0 radical (unpaired) electrons. The molecule has 6 heteroatoms. The number of rotatable bonds is 8. The Morgan fingerprint density at radius 3 is 2.70 bits per heavy atom. The van der Waals surface area contributed by atoms with Gasteiger partial charge in [-0.15, -0.1) is 0 Å². The van der Waals surface area contributed by atoms with E-state index in [4.69, 9.17) is 4.42 Å². The molecule has 0 fully saturated rings. The van der Waals surface area contributed by atoms with Crippen LogP contribution < -0.4 is 10.6 Å². The standard InChI is InChI=1S/C17H22BrN3O2/c1-3-19-10-11-20-15(22)8-9-16-21-12(2)17(23-16)13-4-6-14(18)7-5-13/h4-7,19H,3,8-11H2,1-2H3,(H,20,22). The van der Waals surface area contributed by atoms with Gasteiger partial charge in [-0.05, 0) is 25.6 Å². The van der Waals surface area contributed by atoms with Gasteiger partial charge in [0.15, 0.2) is 11.7 Å². The maximum Gasteiger partial charge on any atom is 0.220 e. The fraction of sp³-hybridized carbons (Fsp3) is 0.412. The summed E-state index contributed by atoms with van der Waals surface area (Å²) in [5.41, 5.74) is 1.83. The normalized spacial score (nSPS) is 10.7. The number of aromatic nitrogens is 1. The van der Waals surface area contributed by atoms with Gasteiger partial charge in [0, 0.05) is 36.0 Å². The fourth-order valence-electron chi connectivity index (χ4n) is 2.20. The van der Waals surface area contributed by atoms with E-state index in [9.17, 15) is 4.79 Å². The van der Waals surface area contributed by atoms with E-state index in [-0.39, 0.29) is 5.91 Å². The second-order valence-electron chi connectivity index (χ2n) is 5.23. The second kappa shape index (κ2) is 8.84. The summed E-state index contributed by atoms with van der Waals surface area (Å²) in [5.74, 6) is 1.38. The van der Waals surface area contributed by atoms with Crippen LogP contribution >= 0.6 is 15.9 Å². The van der Waals surface area contributed by atoms with Crippen LogP contribution in [0, 0.1) is 6.92 Å². The molecule has 1 heterocycles. The molecule has 0 aliphatic rings. The first-order chi connectivity index (χ1) is 11.1. The molecular formula is C17H22BrN3O2. The van der Waals surface area contributed by atoms with Crippen LogP contribution in [0.25, 0.3) is 11.3 Å². The number of nitrogens with one attached hydrogen (secondary N) is 2. The largest absolute Gasteiger partial charge is 0.440 e. The third-order valence-corrected chi connectivity index (χ3v) is 3.92. The van der Waals surface area contributed by atoms with Crippen molar-refractivity contribution in [1.82, 2.24) is 15.6 Å². The predicted octanol–water partition coefficient (Wildman–Crippen LogP) is 3.07. The van der Waals surface area contributed by atoms with E-state index in [0.29, 0.717) is 25.3 Å². The van der Waals surface area contributed by atoms with Crippen LogP contribution in [0.2, 0.25) is 0 Å². The zero-order chi connectivity index (χ0) is 16.7. The Bertz CT molecular complexity index is 638. The van der Waals surface area contributed by atoms with E-state index in [1.54, 1.807) is 0 Å². The highest BCUT2D eigenvalue weighted by molar-refractivity contribution is 9.10. The van der Waals surface area contributed by atoms with Gasteiger partial charge in [-0.3, -0.25) is 4.79 Å². The summed E-state index contributed by atoms with van der Waals surface area (Å²) in [4.78, 5) is 16.2. The van der Waals surface area contributed by atoms with Crippen molar-refractivity contribution in [1.29, 1.82) is 0 Å². The smallest absolute Gasteiger partial charge is 0.220 e. The van der Waals surface area contributed by atoms with Gasteiger partial charge in [-0.1, -0.05) is 35.0 Å². The quantitative estimate of drug-likeness (QED) is 0.691. The van der Waals surface area contributed by atoms with Crippen molar-refractivity contribution in [2.24, 2.45) is 0 Å². The number of likely N-dealkylation sites (N-methyl/N-ethyl adjacent to an activating group) is 1. The molecule has 0 bridgehead atoms. The van der Waals surface area contributed by atoms with Crippen molar-refractivity contribution in [2.45, 2.75) is 26.7 Å². The molecule has 0 atom stereocenters. The van der Waals surface area contributed by atoms with Crippen molar-refractivity contribution < 1.29 is 9.21 Å². The summed E-state index contributed by atoms with van der Waals surface area (Å²) in [6.45, 7) is 6.29. The number of nitrogens with zero attached hydrogens (tertiary/aromatic N) is 1. The second-order valence-corrected chi connectivity index (χ2v) is 6.15. The van der Waals surface area contributed by atoms with E-state index in [1.165, 1.54) is 0 Å². The molecule has 5 nitrogen and oxygen atoms in total. The van der Waals surface area contributed by atoms with E-state index in [2.05, 4.69) is 31.5 Å². The van der Waals surface area contributed by atoms with Crippen LogP contribution in [0.1, 0.15) is 24.9 Å². The molecule has 0 unspecified atom stereocenters. The molecule has 23 heavy (non-hydrogen) atoms. The molecule has 1 amide bonds. The highest BCUT2D eigenvalue weighted by Gasteiger charge is 2.13. The molecule has 0 spiro atoms. The molecule has 2 rings (SSSR count). The van der Waals surface area contributed by atoms with Crippen molar-refractivity contribution in [3.63, 3.8) is 0 Å². The Morgan fingerprint density at radius 1 is 1.26 bits per heavy atom. The van der Waals surface area contributed by atoms with Gasteiger partial charge < -0.3 is 15.1 Å². The Hall–Kier alpha value is -1.66. The Morgan fingerprint density at radius 2 is 2.00 bits per heavy atom. The van der Waals surface area contributed by atoms with Gasteiger partial charge in [-0.2, -0.15) is 0 Å². The van der Waals surface area contributed by atoms with Crippen LogP contribution in [0.5, 0.6) is 0 Å². The fourth-order valence-corrected chi connectivity index (χ4v) is 2.47. The number of hydrogen-bond donors (Lipinski definition) is 2. The van der Waals surface area contributed by atoms with Crippen molar-refractivity contribution in [3.8, 4) is 11.3 Å². The number of carbonyl (C=O) groups excluding carboxylic acids is 1. The third-order valence-electron chi connectivity index (χ3n) is 3.39. The number of hydrogen-bond acceptors (Lipinski definition) is 4. The first-order valence-electron chi connectivity index (χ1n) is 7.79. The maximum atomic E-state index is 11.8. The molecule has 1 aromatic heterocycles. The molecule has 124 valence electrons. The van der Waals surface area contributed by atoms with Gasteiger partial charge in [0.1, 0.15) is 0 Å². The van der Waals surface area contributed by atoms with E-state index < -0.39 is 0 Å². The lowest BCUT2D eigenvalue weighted by atomic mass is 10.1. The first kappa shape index (κ1) is 17.7. The molecule has 0 aliphatic heterocycles. The molecular weight excluding hydrogens is 358 g/mol. The minimum Gasteiger partial charge on any atom is -0.440 e. The molecule has 2 aromatic rings. The number of aryl methyl sites for hydroxylation is 2. The third kappa shape index (κ3) is 5.48. The number of halogens is 1. The van der Waals surface area contributed by atoms with Gasteiger partial charge in [0.05, 0.1) is 5.69 Å². The van der Waals surface area contributed by atoms with Gasteiger partial charge in [0.2, 0.25) is 5.91 Å². The number of amides is 1. The zero-order valence-corrected chi connectivity index (χ0v) is 15.1. The Labute approximate surface area is 145 Å². The van der Waals surface area contributed by atoms with Gasteiger partial charge in [-0.25, -0.2) is 4.98 Å². The minimum atomic E-state index is 0.0175. The summed E-state index contributed by atoms with van der Waals surface area (Å²) in [6.07, 6.45) is 0.885. The lowest BCUT2D eigenvalue weighted by Gasteiger charge is -2.04. The van der Waals surface area contributed by atoms with Crippen LogP contribution in [0.3, 0.4) is 0 Å². The van der Waals surface area contributed by atoms with Crippen LogP contribution in [-0.4, -0.2) is 30.5 Å². The van der Waals surface area contributed by atoms with Gasteiger partial charge in [0.25, 0.3) is 0 Å². The highest BCUT2D eigenvalue weighted by Crippen LogP contribution is 2.26. The number of benzene rings is 1. The van der Waals surface area contributed by atoms with E-state index in [1.807, 2.05) is 38.1 Å². The zero-order valence-electron chi connectivity index (χ0n) is 13.5. The lowest BCUT2D eigenvalue weighted by molar-refractivity contribution is -0.121. The summed E-state index contributed by atoms with van der Waals surface area (Å²) >= 11 is 3.42. The SMILES string of the molecule is CCNCCNC(=O)CCc1nc(C)c(-c2ccc(Br)cc2)o1. The van der Waals surface area contributed by atoms with Crippen LogP contribution in [0.15, 0.2) is 33.2 Å². The average Bonchev–Trinajstić information content (AvgIpc) is 2.91. The van der Waals surface area contributed by atoms with Crippen molar-refractivity contribution in [3.05, 3.63) is 40.3 Å². The van der Waals surface area contributed by atoms with Crippen LogP contribution in [-0.2, 0) is 11.2 Å². The van der Waals surface area contributed by atoms with E-state index >= 15 is 0 Å². The molecule has 0 aliphatic carbocycles. The Balaban J connectivity index is 1.88. The molecule has 0 saturated carbocycles. The molecule has 1 aromatic carbocycles. The predicted molar refractivity (Wildman–Crippen MR) is 94.3 cm³/mol. The Kier molecular flexibility index (Phi) is 6.80.